The van der Waals surface area contributed by atoms with E-state index in [0.717, 1.165) is 0 Å². The predicted molar refractivity (Wildman–Crippen MR) is 81.6 cm³/mol. The summed E-state index contributed by atoms with van der Waals surface area (Å²) in [5.74, 6) is 1.67. The van der Waals surface area contributed by atoms with Gasteiger partial charge < -0.3 is 15.0 Å². The molecule has 21 heavy (non-hydrogen) atoms. The van der Waals surface area contributed by atoms with E-state index < -0.39 is 0 Å². The van der Waals surface area contributed by atoms with Crippen molar-refractivity contribution in [3.8, 4) is 0 Å². The Balaban J connectivity index is 2.15. The van der Waals surface area contributed by atoms with Crippen molar-refractivity contribution in [2.45, 2.75) is 71.9 Å². The molecule has 0 aromatic carbocycles. The van der Waals surface area contributed by atoms with E-state index in [-0.39, 0.29) is 17.6 Å². The molecule has 5 heteroatoms. The van der Waals surface area contributed by atoms with Gasteiger partial charge in [0.1, 0.15) is 6.10 Å². The van der Waals surface area contributed by atoms with E-state index in [1.165, 1.54) is 32.1 Å². The Morgan fingerprint density at radius 3 is 2.52 bits per heavy atom. The minimum atomic E-state index is -0.257. The number of ether oxygens (including phenoxy) is 1. The van der Waals surface area contributed by atoms with Crippen LogP contribution in [0.25, 0.3) is 0 Å². The fourth-order valence-electron chi connectivity index (χ4n) is 2.90. The number of aromatic nitrogens is 2. The number of rotatable bonds is 5. The lowest BCUT2D eigenvalue weighted by Crippen LogP contribution is -2.26. The molecule has 1 aliphatic rings. The van der Waals surface area contributed by atoms with Gasteiger partial charge in [-0.15, -0.1) is 0 Å². The number of hydrogen-bond acceptors (Lipinski definition) is 5. The third-order valence-electron chi connectivity index (χ3n) is 4.34. The first-order chi connectivity index (χ1) is 9.93. The van der Waals surface area contributed by atoms with Crippen LogP contribution < -0.4 is 5.73 Å². The van der Waals surface area contributed by atoms with Crippen LogP contribution in [0.3, 0.4) is 0 Å². The Hall–Kier alpha value is -0.940. The minimum absolute atomic E-state index is 0.0556. The third-order valence-corrected chi connectivity index (χ3v) is 4.34. The van der Waals surface area contributed by atoms with Crippen LogP contribution in [0, 0.1) is 11.3 Å². The van der Waals surface area contributed by atoms with Crippen molar-refractivity contribution in [2.75, 3.05) is 6.61 Å². The van der Waals surface area contributed by atoms with E-state index in [0.29, 0.717) is 24.2 Å². The molecule has 0 amide bonds. The summed E-state index contributed by atoms with van der Waals surface area (Å²) in [7, 11) is 0. The van der Waals surface area contributed by atoms with Gasteiger partial charge in [0.05, 0.1) is 6.04 Å². The largest absolute Gasteiger partial charge is 0.370 e. The normalized spacial score (nSPS) is 20.4. The van der Waals surface area contributed by atoms with Crippen molar-refractivity contribution in [1.29, 1.82) is 0 Å². The van der Waals surface area contributed by atoms with E-state index in [9.17, 15) is 0 Å². The maximum absolute atomic E-state index is 6.20. The Morgan fingerprint density at radius 1 is 1.29 bits per heavy atom. The lowest BCUT2D eigenvalue weighted by molar-refractivity contribution is -0.00145. The fraction of sp³-hybridized carbons (Fsp3) is 0.875. The highest BCUT2D eigenvalue weighted by Crippen LogP contribution is 2.37. The van der Waals surface area contributed by atoms with Crippen LogP contribution >= 0.6 is 0 Å². The number of nitrogens with zero attached hydrogens (tertiary/aromatic N) is 2. The maximum atomic E-state index is 6.20. The van der Waals surface area contributed by atoms with E-state index in [1.807, 2.05) is 6.92 Å². The summed E-state index contributed by atoms with van der Waals surface area (Å²) in [4.78, 5) is 4.54. The van der Waals surface area contributed by atoms with Gasteiger partial charge in [0.25, 0.3) is 0 Å². The zero-order valence-corrected chi connectivity index (χ0v) is 13.8. The van der Waals surface area contributed by atoms with Crippen LogP contribution in [0.4, 0.5) is 0 Å². The first kappa shape index (κ1) is 16.4. The van der Waals surface area contributed by atoms with Crippen LogP contribution in [0.2, 0.25) is 0 Å². The molecule has 0 aliphatic heterocycles. The quantitative estimate of drug-likeness (QED) is 0.895. The van der Waals surface area contributed by atoms with Crippen molar-refractivity contribution in [2.24, 2.45) is 17.1 Å². The van der Waals surface area contributed by atoms with Crippen molar-refractivity contribution < 1.29 is 9.26 Å². The Bertz CT molecular complexity index is 433. The Morgan fingerprint density at radius 2 is 1.95 bits per heavy atom. The van der Waals surface area contributed by atoms with Gasteiger partial charge in [-0.1, -0.05) is 45.2 Å². The topological polar surface area (TPSA) is 74.2 Å². The summed E-state index contributed by atoms with van der Waals surface area (Å²) >= 11 is 0. The van der Waals surface area contributed by atoms with Crippen molar-refractivity contribution in [3.63, 3.8) is 0 Å². The summed E-state index contributed by atoms with van der Waals surface area (Å²) in [6.45, 7) is 8.89. The van der Waals surface area contributed by atoms with Crippen molar-refractivity contribution in [3.05, 3.63) is 11.7 Å². The van der Waals surface area contributed by atoms with Crippen LogP contribution in [0.1, 0.15) is 83.7 Å². The van der Waals surface area contributed by atoms with E-state index in [1.54, 1.807) is 0 Å². The van der Waals surface area contributed by atoms with E-state index in [4.69, 9.17) is 15.0 Å². The van der Waals surface area contributed by atoms with Gasteiger partial charge in [-0.3, -0.25) is 0 Å². The first-order valence-electron chi connectivity index (χ1n) is 8.14. The second-order valence-electron chi connectivity index (χ2n) is 7.11. The zero-order chi connectivity index (χ0) is 15.5. The molecule has 1 fully saturated rings. The molecule has 1 aliphatic carbocycles. The molecule has 0 spiro atoms. The first-order valence-corrected chi connectivity index (χ1v) is 8.14. The lowest BCUT2D eigenvalue weighted by Gasteiger charge is -2.28. The van der Waals surface area contributed by atoms with Gasteiger partial charge in [-0.25, -0.2) is 0 Å². The number of nitrogens with two attached hydrogens (primary N) is 1. The zero-order valence-electron chi connectivity index (χ0n) is 13.8. The number of hydrogen-bond donors (Lipinski definition) is 1. The molecule has 0 bridgehead atoms. The summed E-state index contributed by atoms with van der Waals surface area (Å²) in [6.07, 6.45) is 6.16. The van der Waals surface area contributed by atoms with Crippen LogP contribution in [0.5, 0.6) is 0 Å². The summed E-state index contributed by atoms with van der Waals surface area (Å²) in [5.41, 5.74) is 6.10. The van der Waals surface area contributed by atoms with Gasteiger partial charge in [-0.2, -0.15) is 4.98 Å². The average Bonchev–Trinajstić information content (AvgIpc) is 2.93. The molecule has 0 radical (unpaired) electrons. The Kier molecular flexibility index (Phi) is 5.38. The molecule has 120 valence electrons. The molecule has 2 N–H and O–H groups in total. The van der Waals surface area contributed by atoms with E-state index >= 15 is 0 Å². The minimum Gasteiger partial charge on any atom is -0.370 e. The van der Waals surface area contributed by atoms with Gasteiger partial charge in [-0.05, 0) is 31.1 Å². The predicted octanol–water partition coefficient (Wildman–Crippen LogP) is 3.77. The molecular weight excluding hydrogens is 266 g/mol. The molecule has 1 saturated carbocycles. The van der Waals surface area contributed by atoms with Crippen LogP contribution in [-0.4, -0.2) is 16.7 Å². The molecule has 1 aromatic heterocycles. The molecular formula is C16H29N3O2. The molecule has 1 heterocycles. The SMILES string of the molecule is CCOC(c1noc([C@H](N)C(C)(C)C)n1)C1CCCCC1. The van der Waals surface area contributed by atoms with Gasteiger partial charge >= 0.3 is 0 Å². The van der Waals surface area contributed by atoms with Gasteiger partial charge in [0.15, 0.2) is 0 Å². The van der Waals surface area contributed by atoms with Crippen molar-refractivity contribution >= 4 is 0 Å². The molecule has 1 unspecified atom stereocenters. The highest BCUT2D eigenvalue weighted by molar-refractivity contribution is 5.00. The summed E-state index contributed by atoms with van der Waals surface area (Å²) in [5, 5.41) is 4.15. The summed E-state index contributed by atoms with van der Waals surface area (Å²) in [6, 6.07) is -0.257. The van der Waals surface area contributed by atoms with Gasteiger partial charge in [0, 0.05) is 6.61 Å². The monoisotopic (exact) mass is 295 g/mol. The molecule has 0 saturated heterocycles. The Labute approximate surface area is 127 Å². The average molecular weight is 295 g/mol. The fourth-order valence-corrected chi connectivity index (χ4v) is 2.90. The third kappa shape index (κ3) is 4.04. The van der Waals surface area contributed by atoms with E-state index in [2.05, 4.69) is 30.9 Å². The second kappa shape index (κ2) is 6.88. The standard InChI is InChI=1S/C16H29N3O2/c1-5-20-12(11-9-7-6-8-10-11)14-18-15(21-19-14)13(17)16(2,3)4/h11-13H,5-10,17H2,1-4H3/t12?,13-/m0/s1. The van der Waals surface area contributed by atoms with Crippen LogP contribution in [-0.2, 0) is 4.74 Å². The second-order valence-corrected chi connectivity index (χ2v) is 7.11. The summed E-state index contributed by atoms with van der Waals surface area (Å²) < 4.78 is 11.3. The molecule has 5 nitrogen and oxygen atoms in total. The molecule has 2 rings (SSSR count). The smallest absolute Gasteiger partial charge is 0.244 e. The van der Waals surface area contributed by atoms with Crippen molar-refractivity contribution in [1.82, 2.24) is 10.1 Å². The molecule has 2 atom stereocenters. The lowest BCUT2D eigenvalue weighted by atomic mass is 9.85. The van der Waals surface area contributed by atoms with Gasteiger partial charge in [0.2, 0.25) is 11.7 Å². The highest BCUT2D eigenvalue weighted by atomic mass is 16.5. The van der Waals surface area contributed by atoms with Crippen LogP contribution in [0.15, 0.2) is 4.52 Å². The molecule has 1 aromatic rings. The maximum Gasteiger partial charge on any atom is 0.244 e. The highest BCUT2D eigenvalue weighted by Gasteiger charge is 2.32.